The lowest BCUT2D eigenvalue weighted by molar-refractivity contribution is 0.219. The van der Waals surface area contributed by atoms with Crippen molar-refractivity contribution in [3.8, 4) is 0 Å². The summed E-state index contributed by atoms with van der Waals surface area (Å²) in [5.74, 6) is 0.917. The van der Waals surface area contributed by atoms with Crippen molar-refractivity contribution < 1.29 is 0 Å². The van der Waals surface area contributed by atoms with Gasteiger partial charge in [0.25, 0.3) is 0 Å². The zero-order chi connectivity index (χ0) is 10.3. The third-order valence-electron chi connectivity index (χ3n) is 4.38. The molecule has 0 aromatic heterocycles. The predicted molar refractivity (Wildman–Crippen MR) is 61.3 cm³/mol. The number of fused-ring (bicyclic) bond motifs is 1. The third-order valence-corrected chi connectivity index (χ3v) is 4.38. The van der Waals surface area contributed by atoms with Crippen LogP contribution in [0.4, 0.5) is 0 Å². The fourth-order valence-corrected chi connectivity index (χ4v) is 3.64. The van der Waals surface area contributed by atoms with Crippen molar-refractivity contribution in [3.05, 3.63) is 0 Å². The number of hydrogen-bond donors (Lipinski definition) is 1. The van der Waals surface area contributed by atoms with E-state index in [0.717, 1.165) is 24.8 Å². The van der Waals surface area contributed by atoms with Crippen LogP contribution >= 0.6 is 0 Å². The van der Waals surface area contributed by atoms with Gasteiger partial charge in [-0.25, -0.2) is 0 Å². The zero-order valence-electron chi connectivity index (χ0n) is 9.41. The third kappa shape index (κ3) is 1.57. The van der Waals surface area contributed by atoms with Crippen molar-refractivity contribution in [2.24, 2.45) is 0 Å². The van der Waals surface area contributed by atoms with Gasteiger partial charge in [-0.05, 0) is 38.6 Å². The summed E-state index contributed by atoms with van der Waals surface area (Å²) in [5.41, 5.74) is 0. The quantitative estimate of drug-likeness (QED) is 0.709. The normalized spacial score (nSPS) is 37.3. The molecule has 0 aromatic carbocycles. The molecular formula is C12H21N3. The Morgan fingerprint density at radius 1 is 0.933 bits per heavy atom. The molecule has 3 aliphatic heterocycles. The molecular weight excluding hydrogens is 186 g/mol. The van der Waals surface area contributed by atoms with Gasteiger partial charge in [0.05, 0.1) is 5.84 Å². The van der Waals surface area contributed by atoms with Crippen molar-refractivity contribution >= 4 is 5.84 Å². The highest BCUT2D eigenvalue weighted by Crippen LogP contribution is 2.32. The van der Waals surface area contributed by atoms with Crippen molar-refractivity contribution in [1.82, 2.24) is 9.80 Å². The van der Waals surface area contributed by atoms with Crippen LogP contribution in [0.2, 0.25) is 0 Å². The van der Waals surface area contributed by atoms with Crippen LogP contribution in [-0.2, 0) is 0 Å². The van der Waals surface area contributed by atoms with Gasteiger partial charge >= 0.3 is 0 Å². The van der Waals surface area contributed by atoms with Crippen molar-refractivity contribution in [2.45, 2.75) is 50.6 Å². The van der Waals surface area contributed by atoms with E-state index in [1.807, 2.05) is 0 Å². The van der Waals surface area contributed by atoms with Crippen molar-refractivity contribution in [2.75, 3.05) is 19.6 Å². The van der Waals surface area contributed by atoms with Gasteiger partial charge < -0.3 is 4.90 Å². The molecule has 0 saturated carbocycles. The van der Waals surface area contributed by atoms with E-state index in [1.54, 1.807) is 0 Å². The van der Waals surface area contributed by atoms with E-state index in [-0.39, 0.29) is 0 Å². The Bertz CT molecular complexity index is 264. The number of nitrogens with one attached hydrogen (secondary N) is 1. The summed E-state index contributed by atoms with van der Waals surface area (Å²) in [4.78, 5) is 5.06. The number of likely N-dealkylation sites (tertiary alicyclic amines) is 1. The van der Waals surface area contributed by atoms with E-state index in [0.29, 0.717) is 6.04 Å². The molecule has 3 aliphatic rings. The smallest absolute Gasteiger partial charge is 0.0960 e. The molecule has 2 atom stereocenters. The van der Waals surface area contributed by atoms with E-state index in [2.05, 4.69) is 9.80 Å². The lowest BCUT2D eigenvalue weighted by atomic mass is 10.0. The van der Waals surface area contributed by atoms with Gasteiger partial charge in [0.15, 0.2) is 0 Å². The van der Waals surface area contributed by atoms with E-state index in [9.17, 15) is 0 Å². The minimum absolute atomic E-state index is 0.681. The molecule has 0 bridgehead atoms. The average Bonchev–Trinajstić information content (AvgIpc) is 2.80. The van der Waals surface area contributed by atoms with Gasteiger partial charge in [0, 0.05) is 31.6 Å². The SMILES string of the molecule is N=C1CCCCN1C1CCN2CCCC12. The first kappa shape index (κ1) is 9.64. The number of rotatable bonds is 1. The van der Waals surface area contributed by atoms with Gasteiger partial charge in [-0.3, -0.25) is 10.3 Å². The van der Waals surface area contributed by atoms with E-state index < -0.39 is 0 Å². The summed E-state index contributed by atoms with van der Waals surface area (Å²) in [5, 5.41) is 8.07. The Hall–Kier alpha value is -0.570. The summed E-state index contributed by atoms with van der Waals surface area (Å²) in [6.07, 6.45) is 7.59. The first-order chi connectivity index (χ1) is 7.36. The van der Waals surface area contributed by atoms with Crippen LogP contribution in [0, 0.1) is 5.41 Å². The molecule has 0 amide bonds. The Morgan fingerprint density at radius 2 is 1.87 bits per heavy atom. The van der Waals surface area contributed by atoms with Crippen LogP contribution in [0.15, 0.2) is 0 Å². The molecule has 0 radical (unpaired) electrons. The summed E-state index contributed by atoms with van der Waals surface area (Å²) in [6.45, 7) is 3.73. The molecule has 3 heterocycles. The summed E-state index contributed by atoms with van der Waals surface area (Å²) >= 11 is 0. The van der Waals surface area contributed by atoms with Crippen LogP contribution in [0.1, 0.15) is 38.5 Å². The molecule has 3 saturated heterocycles. The Morgan fingerprint density at radius 3 is 2.73 bits per heavy atom. The highest BCUT2D eigenvalue weighted by molar-refractivity contribution is 5.80. The fourth-order valence-electron chi connectivity index (χ4n) is 3.64. The molecule has 3 fully saturated rings. The van der Waals surface area contributed by atoms with Crippen molar-refractivity contribution in [1.29, 1.82) is 5.41 Å². The second-order valence-corrected chi connectivity index (χ2v) is 5.20. The van der Waals surface area contributed by atoms with Gasteiger partial charge in [-0.15, -0.1) is 0 Å². The minimum Gasteiger partial charge on any atom is -0.356 e. The van der Waals surface area contributed by atoms with E-state index in [1.165, 1.54) is 45.2 Å². The topological polar surface area (TPSA) is 30.3 Å². The highest BCUT2D eigenvalue weighted by Gasteiger charge is 2.41. The van der Waals surface area contributed by atoms with Crippen LogP contribution in [0.5, 0.6) is 0 Å². The maximum absolute atomic E-state index is 8.07. The maximum atomic E-state index is 8.07. The summed E-state index contributed by atoms with van der Waals surface area (Å²) in [6, 6.07) is 1.46. The van der Waals surface area contributed by atoms with Crippen LogP contribution in [-0.4, -0.2) is 47.4 Å². The van der Waals surface area contributed by atoms with Gasteiger partial charge in [-0.1, -0.05) is 0 Å². The van der Waals surface area contributed by atoms with E-state index in [4.69, 9.17) is 5.41 Å². The highest BCUT2D eigenvalue weighted by atomic mass is 15.3. The maximum Gasteiger partial charge on any atom is 0.0960 e. The molecule has 2 unspecified atom stereocenters. The van der Waals surface area contributed by atoms with Gasteiger partial charge in [0.2, 0.25) is 0 Å². The Kier molecular flexibility index (Phi) is 2.43. The molecule has 0 aromatic rings. The van der Waals surface area contributed by atoms with E-state index >= 15 is 0 Å². The second-order valence-electron chi connectivity index (χ2n) is 5.20. The molecule has 3 heteroatoms. The fraction of sp³-hybridized carbons (Fsp3) is 0.917. The molecule has 1 N–H and O–H groups in total. The number of nitrogens with zero attached hydrogens (tertiary/aromatic N) is 2. The average molecular weight is 207 g/mol. The summed E-state index contributed by atoms with van der Waals surface area (Å²) in [7, 11) is 0. The molecule has 15 heavy (non-hydrogen) atoms. The number of hydrogen-bond acceptors (Lipinski definition) is 2. The van der Waals surface area contributed by atoms with Crippen LogP contribution in [0.25, 0.3) is 0 Å². The lowest BCUT2D eigenvalue weighted by Gasteiger charge is -2.37. The monoisotopic (exact) mass is 207 g/mol. The largest absolute Gasteiger partial charge is 0.356 e. The minimum atomic E-state index is 0.681. The molecule has 84 valence electrons. The molecule has 0 spiro atoms. The first-order valence-electron chi connectivity index (χ1n) is 6.44. The van der Waals surface area contributed by atoms with Gasteiger partial charge in [0.1, 0.15) is 0 Å². The predicted octanol–water partition coefficient (Wildman–Crippen LogP) is 1.69. The van der Waals surface area contributed by atoms with Crippen LogP contribution < -0.4 is 0 Å². The number of piperidine rings is 1. The van der Waals surface area contributed by atoms with Gasteiger partial charge in [-0.2, -0.15) is 0 Å². The number of amidine groups is 1. The lowest BCUT2D eigenvalue weighted by Crippen LogP contribution is -2.47. The first-order valence-corrected chi connectivity index (χ1v) is 6.44. The summed E-state index contributed by atoms with van der Waals surface area (Å²) < 4.78 is 0. The Labute approximate surface area is 91.9 Å². The molecule has 3 rings (SSSR count). The second kappa shape index (κ2) is 3.78. The van der Waals surface area contributed by atoms with Crippen molar-refractivity contribution in [3.63, 3.8) is 0 Å². The standard InChI is InChI=1S/C12H21N3/c13-12-5-1-2-8-15(12)11-6-9-14-7-3-4-10(11)14/h10-11,13H,1-9H2. The zero-order valence-corrected chi connectivity index (χ0v) is 9.41. The molecule has 0 aliphatic carbocycles. The van der Waals surface area contributed by atoms with Crippen LogP contribution in [0.3, 0.4) is 0 Å². The molecule has 3 nitrogen and oxygen atoms in total. The Balaban J connectivity index is 1.73.